The van der Waals surface area contributed by atoms with Crippen molar-refractivity contribution in [3.63, 3.8) is 0 Å². The van der Waals surface area contributed by atoms with Crippen LogP contribution in [0.1, 0.15) is 52.4 Å². The van der Waals surface area contributed by atoms with Gasteiger partial charge in [0, 0.05) is 6.54 Å². The lowest BCUT2D eigenvalue weighted by molar-refractivity contribution is -0.114. The standard InChI is InChI=1S/C12H23N3O3/c1-3-4-5-6-7-8-9-13-12(16)11(15-18)10(2)14-17/h17-18H,3-9H2,1-2H3,(H,13,16)/b14-10+,15-11+. The highest BCUT2D eigenvalue weighted by molar-refractivity contribution is 6.66. The summed E-state index contributed by atoms with van der Waals surface area (Å²) in [6, 6.07) is 0. The molecule has 0 rings (SSSR count). The van der Waals surface area contributed by atoms with Crippen molar-refractivity contribution >= 4 is 17.3 Å². The van der Waals surface area contributed by atoms with Crippen LogP contribution in [0, 0.1) is 0 Å². The fourth-order valence-corrected chi connectivity index (χ4v) is 1.52. The van der Waals surface area contributed by atoms with Crippen molar-refractivity contribution in [2.45, 2.75) is 52.4 Å². The highest BCUT2D eigenvalue weighted by Gasteiger charge is 2.15. The molecule has 0 atom stereocenters. The van der Waals surface area contributed by atoms with Gasteiger partial charge in [-0.2, -0.15) is 0 Å². The SMILES string of the molecule is CCCCCCCCNC(=O)C(=N/O)/C(C)=N/O. The molecular weight excluding hydrogens is 234 g/mol. The molecule has 104 valence electrons. The van der Waals surface area contributed by atoms with E-state index in [0.29, 0.717) is 6.54 Å². The van der Waals surface area contributed by atoms with Crippen LogP contribution in [0.15, 0.2) is 10.3 Å². The Hall–Kier alpha value is -1.59. The summed E-state index contributed by atoms with van der Waals surface area (Å²) >= 11 is 0. The third-order valence-electron chi connectivity index (χ3n) is 2.62. The molecule has 6 heteroatoms. The second kappa shape index (κ2) is 10.6. The van der Waals surface area contributed by atoms with Gasteiger partial charge in [0.2, 0.25) is 0 Å². The fourth-order valence-electron chi connectivity index (χ4n) is 1.52. The number of carbonyl (C=O) groups excluding carboxylic acids is 1. The lowest BCUT2D eigenvalue weighted by Gasteiger charge is -2.05. The summed E-state index contributed by atoms with van der Waals surface area (Å²) in [5.41, 5.74) is -0.276. The van der Waals surface area contributed by atoms with Crippen molar-refractivity contribution < 1.29 is 15.2 Å². The zero-order valence-electron chi connectivity index (χ0n) is 11.1. The van der Waals surface area contributed by atoms with Gasteiger partial charge < -0.3 is 15.7 Å². The first kappa shape index (κ1) is 16.4. The molecule has 0 spiro atoms. The van der Waals surface area contributed by atoms with Gasteiger partial charge in [-0.25, -0.2) is 0 Å². The van der Waals surface area contributed by atoms with Gasteiger partial charge in [-0.1, -0.05) is 49.3 Å². The van der Waals surface area contributed by atoms with Gasteiger partial charge in [-0.05, 0) is 13.3 Å². The second-order valence-electron chi connectivity index (χ2n) is 4.16. The van der Waals surface area contributed by atoms with Crippen LogP contribution < -0.4 is 5.32 Å². The molecule has 0 aliphatic carbocycles. The molecule has 0 aliphatic heterocycles. The Morgan fingerprint density at radius 1 is 1.06 bits per heavy atom. The summed E-state index contributed by atoms with van der Waals surface area (Å²) in [6.07, 6.45) is 6.82. The maximum Gasteiger partial charge on any atom is 0.275 e. The predicted octanol–water partition coefficient (Wildman–Crippen LogP) is 2.14. The molecule has 3 N–H and O–H groups in total. The van der Waals surface area contributed by atoms with Gasteiger partial charge in [0.25, 0.3) is 5.91 Å². The van der Waals surface area contributed by atoms with Crippen LogP contribution in [-0.4, -0.2) is 34.3 Å². The highest BCUT2D eigenvalue weighted by atomic mass is 16.4. The number of hydrogen-bond donors (Lipinski definition) is 3. The maximum atomic E-state index is 11.5. The average molecular weight is 257 g/mol. The van der Waals surface area contributed by atoms with Gasteiger partial charge in [0.1, 0.15) is 5.71 Å². The molecule has 0 radical (unpaired) electrons. The minimum Gasteiger partial charge on any atom is -0.411 e. The summed E-state index contributed by atoms with van der Waals surface area (Å²) in [7, 11) is 0. The van der Waals surface area contributed by atoms with E-state index >= 15 is 0 Å². The van der Waals surface area contributed by atoms with Gasteiger partial charge in [-0.15, -0.1) is 0 Å². The average Bonchev–Trinajstić information content (AvgIpc) is 2.38. The van der Waals surface area contributed by atoms with Crippen molar-refractivity contribution in [2.75, 3.05) is 6.54 Å². The molecule has 0 aromatic carbocycles. The second-order valence-corrected chi connectivity index (χ2v) is 4.16. The molecule has 6 nitrogen and oxygen atoms in total. The van der Waals surface area contributed by atoms with Gasteiger partial charge in [-0.3, -0.25) is 4.79 Å². The highest BCUT2D eigenvalue weighted by Crippen LogP contribution is 2.04. The Balaban J connectivity index is 3.77. The Labute approximate surface area is 108 Å². The monoisotopic (exact) mass is 257 g/mol. The van der Waals surface area contributed by atoms with E-state index in [9.17, 15) is 4.79 Å². The minimum atomic E-state index is -0.527. The molecule has 0 fully saturated rings. The first-order valence-electron chi connectivity index (χ1n) is 6.36. The largest absolute Gasteiger partial charge is 0.411 e. The van der Waals surface area contributed by atoms with Crippen molar-refractivity contribution in [2.24, 2.45) is 10.3 Å². The third kappa shape index (κ3) is 6.88. The van der Waals surface area contributed by atoms with Gasteiger partial charge in [0.15, 0.2) is 5.71 Å². The number of oxime groups is 2. The number of hydrogen-bond acceptors (Lipinski definition) is 5. The van der Waals surface area contributed by atoms with Gasteiger partial charge in [0.05, 0.1) is 0 Å². The smallest absolute Gasteiger partial charge is 0.275 e. The summed E-state index contributed by atoms with van der Waals surface area (Å²) in [4.78, 5) is 11.5. The zero-order chi connectivity index (χ0) is 13.8. The van der Waals surface area contributed by atoms with E-state index in [-0.39, 0.29) is 11.4 Å². The lowest BCUT2D eigenvalue weighted by Crippen LogP contribution is -2.35. The molecule has 0 aromatic rings. The predicted molar refractivity (Wildman–Crippen MR) is 70.5 cm³/mol. The molecule has 0 saturated heterocycles. The Morgan fingerprint density at radius 2 is 1.67 bits per heavy atom. The molecule has 0 saturated carbocycles. The maximum absolute atomic E-state index is 11.5. The summed E-state index contributed by atoms with van der Waals surface area (Å²) in [5, 5.41) is 25.4. The van der Waals surface area contributed by atoms with E-state index in [4.69, 9.17) is 10.4 Å². The van der Waals surface area contributed by atoms with E-state index in [0.717, 1.165) is 12.8 Å². The molecule has 0 bridgehead atoms. The van der Waals surface area contributed by atoms with Crippen LogP contribution in [0.3, 0.4) is 0 Å². The first-order valence-corrected chi connectivity index (χ1v) is 6.36. The molecule has 0 aliphatic rings. The third-order valence-corrected chi connectivity index (χ3v) is 2.62. The number of amides is 1. The van der Waals surface area contributed by atoms with Gasteiger partial charge >= 0.3 is 0 Å². The lowest BCUT2D eigenvalue weighted by atomic mass is 10.1. The van der Waals surface area contributed by atoms with Crippen molar-refractivity contribution in [3.05, 3.63) is 0 Å². The number of carbonyl (C=O) groups is 1. The number of nitrogens with one attached hydrogen (secondary N) is 1. The summed E-state index contributed by atoms with van der Waals surface area (Å²) < 4.78 is 0. The summed E-state index contributed by atoms with van der Waals surface area (Å²) in [6.45, 7) is 4.09. The van der Waals surface area contributed by atoms with Crippen LogP contribution in [0.5, 0.6) is 0 Å². The number of nitrogens with zero attached hydrogens (tertiary/aromatic N) is 2. The zero-order valence-corrected chi connectivity index (χ0v) is 11.1. The van der Waals surface area contributed by atoms with Crippen molar-refractivity contribution in [3.8, 4) is 0 Å². The summed E-state index contributed by atoms with van der Waals surface area (Å²) in [5.74, 6) is -0.527. The van der Waals surface area contributed by atoms with E-state index in [1.54, 1.807) is 0 Å². The van der Waals surface area contributed by atoms with E-state index in [1.807, 2.05) is 0 Å². The quantitative estimate of drug-likeness (QED) is 0.255. The van der Waals surface area contributed by atoms with Crippen LogP contribution >= 0.6 is 0 Å². The van der Waals surface area contributed by atoms with E-state index < -0.39 is 5.91 Å². The van der Waals surface area contributed by atoms with Crippen molar-refractivity contribution in [1.29, 1.82) is 0 Å². The molecule has 18 heavy (non-hydrogen) atoms. The topological polar surface area (TPSA) is 94.3 Å². The fraction of sp³-hybridized carbons (Fsp3) is 0.750. The minimum absolute atomic E-state index is 0.0158. The molecule has 0 heterocycles. The van der Waals surface area contributed by atoms with E-state index in [2.05, 4.69) is 22.6 Å². The Kier molecular flexibility index (Phi) is 9.62. The number of unbranched alkanes of at least 4 members (excludes halogenated alkanes) is 5. The Morgan fingerprint density at radius 3 is 2.22 bits per heavy atom. The molecule has 1 amide bonds. The van der Waals surface area contributed by atoms with Crippen LogP contribution in [-0.2, 0) is 4.79 Å². The van der Waals surface area contributed by atoms with Crippen LogP contribution in [0.4, 0.5) is 0 Å². The van der Waals surface area contributed by atoms with Crippen LogP contribution in [0.2, 0.25) is 0 Å². The van der Waals surface area contributed by atoms with E-state index in [1.165, 1.54) is 32.6 Å². The Bertz CT molecular complexity index is 301. The normalized spacial score (nSPS) is 12.6. The molecule has 0 aromatic heterocycles. The molecule has 0 unspecified atom stereocenters. The first-order chi connectivity index (χ1) is 8.67. The van der Waals surface area contributed by atoms with Crippen LogP contribution in [0.25, 0.3) is 0 Å². The van der Waals surface area contributed by atoms with Crippen molar-refractivity contribution in [1.82, 2.24) is 5.32 Å². The molecular formula is C12H23N3O3. The number of rotatable bonds is 9.